The van der Waals surface area contributed by atoms with E-state index in [4.69, 9.17) is 8.94 Å². The fourth-order valence-electron chi connectivity index (χ4n) is 2.77. The van der Waals surface area contributed by atoms with Gasteiger partial charge in [-0.1, -0.05) is 24.2 Å². The molecule has 0 bridgehead atoms. The second-order valence-corrected chi connectivity index (χ2v) is 6.42. The molecule has 2 N–H and O–H groups in total. The summed E-state index contributed by atoms with van der Waals surface area (Å²) in [6.07, 6.45) is 4.32. The maximum Gasteiger partial charge on any atom is 0.257 e. The molecule has 0 aliphatic rings. The Balaban J connectivity index is 0.00000300. The van der Waals surface area contributed by atoms with E-state index in [2.05, 4.69) is 32.7 Å². The minimum absolute atomic E-state index is 0. The van der Waals surface area contributed by atoms with Crippen LogP contribution >= 0.6 is 24.0 Å². The summed E-state index contributed by atoms with van der Waals surface area (Å²) in [5.74, 6) is 3.04. The molecule has 8 heteroatoms. The molecule has 0 aliphatic heterocycles. The Labute approximate surface area is 188 Å². The Morgan fingerprint density at radius 2 is 2.00 bits per heavy atom. The molecule has 1 aromatic carbocycles. The lowest BCUT2D eigenvalue weighted by atomic mass is 10.1. The molecule has 2 aromatic heterocycles. The number of halogens is 1. The maximum absolute atomic E-state index is 5.38. The topological polar surface area (TPSA) is 88.5 Å². The normalized spacial score (nSPS) is 11.2. The van der Waals surface area contributed by atoms with Crippen LogP contribution in [-0.2, 0) is 19.4 Å². The van der Waals surface area contributed by atoms with E-state index >= 15 is 0 Å². The zero-order chi connectivity index (χ0) is 19.6. The number of nitrogens with one attached hydrogen (secondary N) is 2. The first-order chi connectivity index (χ1) is 13.8. The van der Waals surface area contributed by atoms with Crippen LogP contribution in [0.5, 0.6) is 0 Å². The molecule has 156 valence electrons. The Kier molecular flexibility index (Phi) is 9.69. The predicted molar refractivity (Wildman–Crippen MR) is 124 cm³/mol. The van der Waals surface area contributed by atoms with Gasteiger partial charge >= 0.3 is 0 Å². The van der Waals surface area contributed by atoms with E-state index < -0.39 is 0 Å². The van der Waals surface area contributed by atoms with Crippen molar-refractivity contribution in [3.8, 4) is 11.5 Å². The Bertz CT molecular complexity index is 877. The summed E-state index contributed by atoms with van der Waals surface area (Å²) in [7, 11) is 0. The second-order valence-electron chi connectivity index (χ2n) is 6.42. The molecule has 0 unspecified atom stereocenters. The van der Waals surface area contributed by atoms with Crippen molar-refractivity contribution in [1.82, 2.24) is 20.8 Å². The number of furan rings is 1. The van der Waals surface area contributed by atoms with Gasteiger partial charge in [0, 0.05) is 31.5 Å². The van der Waals surface area contributed by atoms with Crippen molar-refractivity contribution in [3.63, 3.8) is 0 Å². The number of hydrogen-bond donors (Lipinski definition) is 2. The third-order valence-corrected chi connectivity index (χ3v) is 4.12. The highest BCUT2D eigenvalue weighted by molar-refractivity contribution is 14.0. The first kappa shape index (κ1) is 22.9. The highest BCUT2D eigenvalue weighted by Gasteiger charge is 2.09. The van der Waals surface area contributed by atoms with E-state index in [-0.39, 0.29) is 24.0 Å². The summed E-state index contributed by atoms with van der Waals surface area (Å²) < 4.78 is 10.7. The lowest BCUT2D eigenvalue weighted by Gasteiger charge is -2.10. The summed E-state index contributed by atoms with van der Waals surface area (Å²) >= 11 is 0. The monoisotopic (exact) mass is 509 g/mol. The lowest BCUT2D eigenvalue weighted by Crippen LogP contribution is -2.38. The van der Waals surface area contributed by atoms with Crippen LogP contribution < -0.4 is 10.6 Å². The first-order valence-corrected chi connectivity index (χ1v) is 9.75. The summed E-state index contributed by atoms with van der Waals surface area (Å²) in [4.78, 5) is 9.12. The summed E-state index contributed by atoms with van der Waals surface area (Å²) in [5.41, 5.74) is 1.99. The zero-order valence-electron chi connectivity index (χ0n) is 16.9. The van der Waals surface area contributed by atoms with Gasteiger partial charge in [0.1, 0.15) is 5.76 Å². The average molecular weight is 509 g/mol. The summed E-state index contributed by atoms with van der Waals surface area (Å²) in [6, 6.07) is 11.9. The quantitative estimate of drug-likeness (QED) is 0.256. The largest absolute Gasteiger partial charge is 0.469 e. The Morgan fingerprint density at radius 3 is 2.76 bits per heavy atom. The van der Waals surface area contributed by atoms with Gasteiger partial charge in [-0.05, 0) is 43.2 Å². The number of aliphatic imine (C=N–C) groups is 1. The van der Waals surface area contributed by atoms with E-state index in [1.54, 1.807) is 6.26 Å². The summed E-state index contributed by atoms with van der Waals surface area (Å²) in [5, 5.41) is 10.6. The van der Waals surface area contributed by atoms with Gasteiger partial charge in [0.25, 0.3) is 5.89 Å². The molecular weight excluding hydrogens is 481 g/mol. The number of guanidine groups is 1. The van der Waals surface area contributed by atoms with Gasteiger partial charge < -0.3 is 19.6 Å². The number of rotatable bonds is 9. The molecule has 0 amide bonds. The Morgan fingerprint density at radius 1 is 1.10 bits per heavy atom. The van der Waals surface area contributed by atoms with Crippen LogP contribution in [-0.4, -0.2) is 29.2 Å². The molecule has 0 atom stereocenters. The third kappa shape index (κ3) is 7.19. The van der Waals surface area contributed by atoms with Gasteiger partial charge in [-0.25, -0.2) is 4.99 Å². The highest BCUT2D eigenvalue weighted by Crippen LogP contribution is 2.19. The van der Waals surface area contributed by atoms with Crippen molar-refractivity contribution in [3.05, 3.63) is 59.8 Å². The number of benzene rings is 1. The molecular formula is C21H28IN5O2. The standard InChI is InChI=1S/C21H27N5O2.HI/c1-3-7-19-25-20(28-26-19)17-9-5-8-16(14-17)15-24-21(22-4-2)23-12-11-18-10-6-13-27-18;/h5-6,8-10,13-14H,3-4,7,11-12,15H2,1-2H3,(H2,22,23,24);1H. The van der Waals surface area contributed by atoms with Crippen molar-refractivity contribution < 1.29 is 8.94 Å². The van der Waals surface area contributed by atoms with Crippen molar-refractivity contribution in [2.45, 2.75) is 39.7 Å². The fraction of sp³-hybridized carbons (Fsp3) is 0.381. The second kappa shape index (κ2) is 12.3. The van der Waals surface area contributed by atoms with Gasteiger partial charge in [-0.2, -0.15) is 4.98 Å². The van der Waals surface area contributed by atoms with Crippen molar-refractivity contribution >= 4 is 29.9 Å². The number of nitrogens with zero attached hydrogens (tertiary/aromatic N) is 3. The number of hydrogen-bond acceptors (Lipinski definition) is 5. The molecule has 0 saturated heterocycles. The maximum atomic E-state index is 5.38. The number of aromatic nitrogens is 2. The van der Waals surface area contributed by atoms with Crippen LogP contribution in [0.1, 0.15) is 37.4 Å². The highest BCUT2D eigenvalue weighted by atomic mass is 127. The van der Waals surface area contributed by atoms with Crippen LogP contribution in [0.25, 0.3) is 11.5 Å². The van der Waals surface area contributed by atoms with Gasteiger partial charge in [0.15, 0.2) is 11.8 Å². The number of aryl methyl sites for hydroxylation is 1. The van der Waals surface area contributed by atoms with Gasteiger partial charge in [0.05, 0.1) is 12.8 Å². The molecule has 3 rings (SSSR count). The SMILES string of the molecule is CCCc1noc(-c2cccc(CN=C(NCC)NCCc3ccco3)c2)n1.I. The van der Waals surface area contributed by atoms with E-state index in [0.29, 0.717) is 12.4 Å². The van der Waals surface area contributed by atoms with Crippen molar-refractivity contribution in [1.29, 1.82) is 0 Å². The predicted octanol–water partition coefficient (Wildman–Crippen LogP) is 4.20. The van der Waals surface area contributed by atoms with E-state index in [1.165, 1.54) is 0 Å². The van der Waals surface area contributed by atoms with Crippen molar-refractivity contribution in [2.75, 3.05) is 13.1 Å². The molecule has 0 saturated carbocycles. The van der Waals surface area contributed by atoms with Gasteiger partial charge in [0.2, 0.25) is 0 Å². The van der Waals surface area contributed by atoms with E-state index in [1.807, 2.05) is 43.3 Å². The fourth-order valence-corrected chi connectivity index (χ4v) is 2.77. The Hall–Kier alpha value is -2.36. The molecule has 0 spiro atoms. The van der Waals surface area contributed by atoms with Crippen LogP contribution in [0.15, 0.2) is 56.6 Å². The first-order valence-electron chi connectivity index (χ1n) is 9.75. The molecule has 0 radical (unpaired) electrons. The zero-order valence-corrected chi connectivity index (χ0v) is 19.2. The van der Waals surface area contributed by atoms with Crippen molar-refractivity contribution in [2.24, 2.45) is 4.99 Å². The molecule has 0 aliphatic carbocycles. The smallest absolute Gasteiger partial charge is 0.257 e. The minimum atomic E-state index is 0. The van der Waals surface area contributed by atoms with E-state index in [0.717, 1.165) is 61.0 Å². The molecule has 0 fully saturated rings. The molecule has 29 heavy (non-hydrogen) atoms. The van der Waals surface area contributed by atoms with Crippen LogP contribution in [0.4, 0.5) is 0 Å². The van der Waals surface area contributed by atoms with Crippen LogP contribution in [0.3, 0.4) is 0 Å². The lowest BCUT2D eigenvalue weighted by molar-refractivity contribution is 0.422. The summed E-state index contributed by atoms with van der Waals surface area (Å²) in [6.45, 7) is 6.25. The minimum Gasteiger partial charge on any atom is -0.469 e. The average Bonchev–Trinajstić information content (AvgIpc) is 3.39. The van der Waals surface area contributed by atoms with Gasteiger partial charge in [-0.3, -0.25) is 0 Å². The molecule has 3 aromatic rings. The van der Waals surface area contributed by atoms with E-state index in [9.17, 15) is 0 Å². The van der Waals surface area contributed by atoms with Crippen LogP contribution in [0, 0.1) is 0 Å². The molecule has 7 nitrogen and oxygen atoms in total. The van der Waals surface area contributed by atoms with Gasteiger partial charge in [-0.15, -0.1) is 24.0 Å². The van der Waals surface area contributed by atoms with Crippen LogP contribution in [0.2, 0.25) is 0 Å². The third-order valence-electron chi connectivity index (χ3n) is 4.12. The molecule has 2 heterocycles.